The fourth-order valence-electron chi connectivity index (χ4n) is 2.71. The van der Waals surface area contributed by atoms with E-state index >= 15 is 0 Å². The van der Waals surface area contributed by atoms with Gasteiger partial charge in [0.2, 0.25) is 0 Å². The first-order chi connectivity index (χ1) is 16.7. The number of pyridine rings is 1. The molecule has 2 aromatic rings. The van der Waals surface area contributed by atoms with E-state index in [2.05, 4.69) is 20.9 Å². The van der Waals surface area contributed by atoms with Crippen molar-refractivity contribution in [1.29, 1.82) is 0 Å². The number of carboxylic acids is 1. The average Bonchev–Trinajstić information content (AvgIpc) is 2.80. The third-order valence-corrected chi connectivity index (χ3v) is 4.67. The second-order valence-corrected chi connectivity index (χ2v) is 7.48. The molecule has 16 heteroatoms. The molecule has 0 atom stereocenters. The number of anilines is 2. The Kier molecular flexibility index (Phi) is 9.47. The number of halogens is 7. The molecule has 0 aliphatic carbocycles. The van der Waals surface area contributed by atoms with Crippen molar-refractivity contribution in [1.82, 2.24) is 15.2 Å². The molecule has 1 aromatic carbocycles. The van der Waals surface area contributed by atoms with Crippen LogP contribution < -0.4 is 16.0 Å². The Morgan fingerprint density at radius 3 is 2.11 bits per heavy atom. The molecular formula is C20H18ClF6N5O4. The van der Waals surface area contributed by atoms with Crippen LogP contribution in [0.4, 0.5) is 42.6 Å². The van der Waals surface area contributed by atoms with E-state index in [0.29, 0.717) is 37.3 Å². The zero-order chi connectivity index (χ0) is 27.1. The Morgan fingerprint density at radius 2 is 1.61 bits per heavy atom. The summed E-state index contributed by atoms with van der Waals surface area (Å²) in [5.74, 6) is -3.50. The molecule has 4 N–H and O–H groups in total. The molecule has 1 aliphatic rings. The molecule has 0 spiro atoms. The lowest BCUT2D eigenvalue weighted by Gasteiger charge is -2.28. The van der Waals surface area contributed by atoms with Gasteiger partial charge in [0.1, 0.15) is 5.82 Å². The maximum Gasteiger partial charge on any atom is 0.490 e. The van der Waals surface area contributed by atoms with Gasteiger partial charge in [0.15, 0.2) is 0 Å². The Balaban J connectivity index is 0.000000572. The number of rotatable bonds is 3. The first kappa shape index (κ1) is 28.6. The summed E-state index contributed by atoms with van der Waals surface area (Å²) < 4.78 is 71.1. The number of aliphatic carboxylic acids is 1. The third-order valence-electron chi connectivity index (χ3n) is 4.45. The van der Waals surface area contributed by atoms with Crippen LogP contribution in [-0.2, 0) is 11.0 Å². The molecule has 2 heterocycles. The van der Waals surface area contributed by atoms with Crippen molar-refractivity contribution in [3.8, 4) is 0 Å². The van der Waals surface area contributed by atoms with Gasteiger partial charge in [0.05, 0.1) is 21.8 Å². The summed E-state index contributed by atoms with van der Waals surface area (Å²) in [6, 6.07) is 4.96. The van der Waals surface area contributed by atoms with Gasteiger partial charge in [0.25, 0.3) is 5.91 Å². The van der Waals surface area contributed by atoms with Crippen LogP contribution >= 0.6 is 11.6 Å². The van der Waals surface area contributed by atoms with Crippen LogP contribution in [0.1, 0.15) is 15.9 Å². The van der Waals surface area contributed by atoms with Crippen molar-refractivity contribution in [3.63, 3.8) is 0 Å². The highest BCUT2D eigenvalue weighted by molar-refractivity contribution is 6.30. The number of amides is 3. The van der Waals surface area contributed by atoms with Gasteiger partial charge >= 0.3 is 24.4 Å². The minimum Gasteiger partial charge on any atom is -0.475 e. The van der Waals surface area contributed by atoms with Crippen molar-refractivity contribution in [2.45, 2.75) is 12.4 Å². The number of piperazine rings is 1. The second-order valence-electron chi connectivity index (χ2n) is 7.04. The number of nitrogens with one attached hydrogen (secondary N) is 3. The summed E-state index contributed by atoms with van der Waals surface area (Å²) in [4.78, 5) is 39.4. The van der Waals surface area contributed by atoms with Crippen molar-refractivity contribution in [2.75, 3.05) is 36.8 Å². The molecule has 36 heavy (non-hydrogen) atoms. The van der Waals surface area contributed by atoms with Gasteiger partial charge in [-0.3, -0.25) is 4.79 Å². The molecule has 9 nitrogen and oxygen atoms in total. The van der Waals surface area contributed by atoms with Gasteiger partial charge in [-0.05, 0) is 30.3 Å². The lowest BCUT2D eigenvalue weighted by molar-refractivity contribution is -0.192. The Morgan fingerprint density at radius 1 is 1.00 bits per heavy atom. The predicted molar refractivity (Wildman–Crippen MR) is 116 cm³/mol. The molecule has 3 rings (SSSR count). The maximum absolute atomic E-state index is 13.1. The SMILES string of the molecule is O=C(Nc1ccc(Cl)cn1)c1cc(C(F)(F)F)ccc1NC(=O)N1CCNCC1.O=C(O)C(F)(F)F. The number of hydrogen-bond acceptors (Lipinski definition) is 5. The molecule has 196 valence electrons. The second kappa shape index (κ2) is 11.9. The van der Waals surface area contributed by atoms with Crippen LogP contribution in [0.2, 0.25) is 5.02 Å². The Hall–Kier alpha value is -3.59. The van der Waals surface area contributed by atoms with Crippen molar-refractivity contribution in [3.05, 3.63) is 52.7 Å². The molecule has 3 amide bonds. The largest absolute Gasteiger partial charge is 0.490 e. The minimum absolute atomic E-state index is 0.0343. The number of carbonyl (C=O) groups excluding carboxylic acids is 2. The summed E-state index contributed by atoms with van der Waals surface area (Å²) in [5, 5.41) is 15.5. The van der Waals surface area contributed by atoms with Gasteiger partial charge in [0, 0.05) is 32.4 Å². The molecule has 0 radical (unpaired) electrons. The number of hydrogen-bond donors (Lipinski definition) is 4. The number of alkyl halides is 6. The van der Waals surface area contributed by atoms with E-state index in [-0.39, 0.29) is 17.1 Å². The highest BCUT2D eigenvalue weighted by Crippen LogP contribution is 2.32. The highest BCUT2D eigenvalue weighted by Gasteiger charge is 2.38. The van der Waals surface area contributed by atoms with E-state index in [1.807, 2.05) is 0 Å². The monoisotopic (exact) mass is 541 g/mol. The van der Waals surface area contributed by atoms with Crippen LogP contribution in [0, 0.1) is 0 Å². The summed E-state index contributed by atoms with van der Waals surface area (Å²) in [6.07, 6.45) is -8.44. The lowest BCUT2D eigenvalue weighted by Crippen LogP contribution is -2.48. The fraction of sp³-hybridized carbons (Fsp3) is 0.300. The Labute approximate surface area is 204 Å². The first-order valence-corrected chi connectivity index (χ1v) is 10.3. The van der Waals surface area contributed by atoms with E-state index in [9.17, 15) is 35.9 Å². The van der Waals surface area contributed by atoms with E-state index in [1.165, 1.54) is 23.2 Å². The number of carbonyl (C=O) groups is 3. The van der Waals surface area contributed by atoms with E-state index in [4.69, 9.17) is 21.5 Å². The van der Waals surface area contributed by atoms with Crippen LogP contribution in [0.15, 0.2) is 36.5 Å². The molecule has 1 aliphatic heterocycles. The quantitative estimate of drug-likeness (QED) is 0.434. The molecule has 1 saturated heterocycles. The molecule has 1 fully saturated rings. The Bertz CT molecular complexity index is 1090. The summed E-state index contributed by atoms with van der Waals surface area (Å²) in [5.41, 5.74) is -1.38. The number of carboxylic acid groups (broad SMARTS) is 1. The minimum atomic E-state index is -5.08. The van der Waals surface area contributed by atoms with E-state index in [0.717, 1.165) is 12.1 Å². The van der Waals surface area contributed by atoms with E-state index in [1.54, 1.807) is 0 Å². The molecular weight excluding hydrogens is 524 g/mol. The highest BCUT2D eigenvalue weighted by atomic mass is 35.5. The zero-order valence-electron chi connectivity index (χ0n) is 18.0. The van der Waals surface area contributed by atoms with Crippen molar-refractivity contribution < 1.29 is 45.8 Å². The van der Waals surface area contributed by atoms with Crippen LogP contribution in [0.25, 0.3) is 0 Å². The summed E-state index contributed by atoms with van der Waals surface area (Å²) >= 11 is 5.74. The van der Waals surface area contributed by atoms with Gasteiger partial charge in [-0.1, -0.05) is 11.6 Å². The average molecular weight is 542 g/mol. The lowest BCUT2D eigenvalue weighted by atomic mass is 10.1. The third kappa shape index (κ3) is 8.57. The van der Waals surface area contributed by atoms with Crippen molar-refractivity contribution in [2.24, 2.45) is 0 Å². The van der Waals surface area contributed by atoms with Crippen LogP contribution in [0.5, 0.6) is 0 Å². The summed E-state index contributed by atoms with van der Waals surface area (Å²) in [6.45, 7) is 2.11. The molecule has 0 unspecified atom stereocenters. The number of urea groups is 1. The maximum atomic E-state index is 13.1. The van der Waals surface area contributed by atoms with Gasteiger partial charge < -0.3 is 26.0 Å². The molecule has 0 bridgehead atoms. The summed E-state index contributed by atoms with van der Waals surface area (Å²) in [7, 11) is 0. The van der Waals surface area contributed by atoms with Crippen LogP contribution in [-0.4, -0.2) is 65.3 Å². The zero-order valence-corrected chi connectivity index (χ0v) is 18.8. The fourth-order valence-corrected chi connectivity index (χ4v) is 2.82. The van der Waals surface area contributed by atoms with Gasteiger partial charge in [-0.2, -0.15) is 26.3 Å². The number of nitrogens with zero attached hydrogens (tertiary/aromatic N) is 2. The van der Waals surface area contributed by atoms with Crippen LogP contribution in [0.3, 0.4) is 0 Å². The van der Waals surface area contributed by atoms with Gasteiger partial charge in [-0.25, -0.2) is 14.6 Å². The topological polar surface area (TPSA) is 124 Å². The smallest absolute Gasteiger partial charge is 0.475 e. The normalized spacial score (nSPS) is 13.8. The van der Waals surface area contributed by atoms with E-state index < -0.39 is 35.8 Å². The first-order valence-electron chi connectivity index (χ1n) is 9.89. The van der Waals surface area contributed by atoms with Gasteiger partial charge in [-0.15, -0.1) is 0 Å². The molecule has 0 saturated carbocycles. The van der Waals surface area contributed by atoms with Crippen molar-refractivity contribution >= 4 is 41.0 Å². The number of benzene rings is 1. The number of aromatic nitrogens is 1. The predicted octanol–water partition coefficient (Wildman–Crippen LogP) is 4.08. The standard InChI is InChI=1S/C18H17ClF3N5O2.C2HF3O2/c19-12-2-4-15(24-10-12)26-16(28)13-9-11(18(20,21)22)1-3-14(13)25-17(29)27-7-5-23-6-8-27;3-2(4,5)1(6)7/h1-4,9-10,23H,5-8H2,(H,25,29)(H,24,26,28);(H,6,7). The molecule has 1 aromatic heterocycles.